The van der Waals surface area contributed by atoms with E-state index in [-0.39, 0.29) is 5.82 Å². The average molecular weight is 371 g/mol. The second-order valence-electron chi connectivity index (χ2n) is 5.36. The average Bonchev–Trinajstić information content (AvgIpc) is 3.04. The number of hydrogen-bond donors (Lipinski definition) is 1. The number of halogens is 1. The Morgan fingerprint density at radius 2 is 1.75 bits per heavy atom. The molecule has 4 nitrogen and oxygen atoms in total. The van der Waals surface area contributed by atoms with Crippen molar-refractivity contribution >= 4 is 21.4 Å². The second kappa shape index (κ2) is 8.71. The van der Waals surface area contributed by atoms with Crippen LogP contribution in [0.15, 0.2) is 40.6 Å². The lowest BCUT2D eigenvalue weighted by atomic mass is 10.2. The predicted molar refractivity (Wildman–Crippen MR) is 96.2 cm³/mol. The summed E-state index contributed by atoms with van der Waals surface area (Å²) in [6.07, 6.45) is 0.764. The van der Waals surface area contributed by atoms with Crippen LogP contribution in [0, 0.1) is 5.82 Å². The Bertz CT molecular complexity index is 738. The van der Waals surface area contributed by atoms with Crippen LogP contribution in [-0.4, -0.2) is 32.4 Å². The molecule has 1 N–H and O–H groups in total. The molecule has 1 heterocycles. The largest absolute Gasteiger partial charge is 0.312 e. The summed E-state index contributed by atoms with van der Waals surface area (Å²) in [5, 5.41) is 3.29. The standard InChI is InChI=1S/C17H23FN2O2S2/c1-3-20(4-2)24(21,22)17-10-9-16(23-17)11-12-19-13-14-5-7-15(18)8-6-14/h5-10,19H,3-4,11-13H2,1-2H3. The van der Waals surface area contributed by atoms with Gasteiger partial charge in [-0.25, -0.2) is 12.8 Å². The number of thiophene rings is 1. The molecule has 0 bridgehead atoms. The molecule has 7 heteroatoms. The van der Waals surface area contributed by atoms with Crippen LogP contribution in [0.2, 0.25) is 0 Å². The zero-order valence-corrected chi connectivity index (χ0v) is 15.6. The number of nitrogens with zero attached hydrogens (tertiary/aromatic N) is 1. The van der Waals surface area contributed by atoms with Gasteiger partial charge in [0.1, 0.15) is 10.0 Å². The third-order valence-electron chi connectivity index (χ3n) is 3.73. The van der Waals surface area contributed by atoms with Gasteiger partial charge in [0, 0.05) is 31.1 Å². The third kappa shape index (κ3) is 4.86. The predicted octanol–water partition coefficient (Wildman–Crippen LogP) is 3.25. The molecule has 0 amide bonds. The van der Waals surface area contributed by atoms with Gasteiger partial charge in [-0.3, -0.25) is 0 Å². The van der Waals surface area contributed by atoms with Gasteiger partial charge < -0.3 is 5.32 Å². The summed E-state index contributed by atoms with van der Waals surface area (Å²) in [7, 11) is -3.36. The molecule has 0 atom stereocenters. The molecule has 0 fully saturated rings. The molecule has 0 spiro atoms. The zero-order chi connectivity index (χ0) is 17.6. The van der Waals surface area contributed by atoms with Gasteiger partial charge in [-0.05, 0) is 36.2 Å². The van der Waals surface area contributed by atoms with E-state index < -0.39 is 10.0 Å². The number of sulfonamides is 1. The fourth-order valence-corrected chi connectivity index (χ4v) is 5.34. The molecule has 0 aliphatic rings. The summed E-state index contributed by atoms with van der Waals surface area (Å²) in [6, 6.07) is 9.96. The minimum absolute atomic E-state index is 0.237. The van der Waals surface area contributed by atoms with Gasteiger partial charge in [-0.2, -0.15) is 4.31 Å². The first-order valence-corrected chi connectivity index (χ1v) is 10.3. The van der Waals surface area contributed by atoms with Gasteiger partial charge in [-0.15, -0.1) is 11.3 Å². The van der Waals surface area contributed by atoms with Crippen LogP contribution in [0.1, 0.15) is 24.3 Å². The molecule has 2 rings (SSSR count). The van der Waals surface area contributed by atoms with E-state index in [0.717, 1.165) is 23.4 Å². The molecular formula is C17H23FN2O2S2. The quantitative estimate of drug-likeness (QED) is 0.690. The summed E-state index contributed by atoms with van der Waals surface area (Å²) in [6.45, 7) is 6.04. The van der Waals surface area contributed by atoms with Crippen molar-refractivity contribution in [2.24, 2.45) is 0 Å². The molecule has 2 aromatic rings. The van der Waals surface area contributed by atoms with Crippen LogP contribution in [-0.2, 0) is 23.0 Å². The minimum atomic E-state index is -3.36. The smallest absolute Gasteiger partial charge is 0.252 e. The van der Waals surface area contributed by atoms with Gasteiger partial charge in [-0.1, -0.05) is 26.0 Å². The molecule has 24 heavy (non-hydrogen) atoms. The van der Waals surface area contributed by atoms with Gasteiger partial charge >= 0.3 is 0 Å². The molecule has 1 aromatic carbocycles. The molecule has 0 saturated carbocycles. The van der Waals surface area contributed by atoms with Crippen molar-refractivity contribution in [2.45, 2.75) is 31.0 Å². The highest BCUT2D eigenvalue weighted by molar-refractivity contribution is 7.91. The van der Waals surface area contributed by atoms with E-state index in [4.69, 9.17) is 0 Å². The zero-order valence-electron chi connectivity index (χ0n) is 14.0. The highest BCUT2D eigenvalue weighted by Crippen LogP contribution is 2.25. The summed E-state index contributed by atoms with van der Waals surface area (Å²) in [4.78, 5) is 1.03. The monoisotopic (exact) mass is 370 g/mol. The van der Waals surface area contributed by atoms with Crippen molar-refractivity contribution in [1.82, 2.24) is 9.62 Å². The summed E-state index contributed by atoms with van der Waals surface area (Å²) < 4.78 is 39.6. The van der Waals surface area contributed by atoms with E-state index in [9.17, 15) is 12.8 Å². The van der Waals surface area contributed by atoms with Crippen molar-refractivity contribution in [3.05, 3.63) is 52.7 Å². The first-order valence-electron chi connectivity index (χ1n) is 8.01. The lowest BCUT2D eigenvalue weighted by molar-refractivity contribution is 0.447. The van der Waals surface area contributed by atoms with Crippen LogP contribution in [0.5, 0.6) is 0 Å². The minimum Gasteiger partial charge on any atom is -0.312 e. The Balaban J connectivity index is 1.86. The maximum atomic E-state index is 12.8. The molecular weight excluding hydrogens is 347 g/mol. The van der Waals surface area contributed by atoms with Crippen LogP contribution in [0.25, 0.3) is 0 Å². The van der Waals surface area contributed by atoms with E-state index in [1.165, 1.54) is 27.8 Å². The first kappa shape index (κ1) is 19.1. The number of hydrogen-bond acceptors (Lipinski definition) is 4. The Labute approximate surface area is 147 Å². The maximum absolute atomic E-state index is 12.8. The van der Waals surface area contributed by atoms with Crippen LogP contribution >= 0.6 is 11.3 Å². The van der Waals surface area contributed by atoms with E-state index >= 15 is 0 Å². The highest BCUT2D eigenvalue weighted by Gasteiger charge is 2.23. The van der Waals surface area contributed by atoms with Crippen molar-refractivity contribution in [1.29, 1.82) is 0 Å². The Morgan fingerprint density at radius 1 is 1.08 bits per heavy atom. The normalized spacial score (nSPS) is 12.0. The second-order valence-corrected chi connectivity index (χ2v) is 8.70. The first-order chi connectivity index (χ1) is 11.5. The van der Waals surface area contributed by atoms with E-state index in [0.29, 0.717) is 23.8 Å². The van der Waals surface area contributed by atoms with Crippen LogP contribution in [0.4, 0.5) is 4.39 Å². The van der Waals surface area contributed by atoms with Gasteiger partial charge in [0.25, 0.3) is 10.0 Å². The molecule has 0 radical (unpaired) electrons. The summed E-state index contributed by atoms with van der Waals surface area (Å²) in [5.41, 5.74) is 1.02. The summed E-state index contributed by atoms with van der Waals surface area (Å²) in [5.74, 6) is -0.237. The van der Waals surface area contributed by atoms with Gasteiger partial charge in [0.05, 0.1) is 0 Å². The maximum Gasteiger partial charge on any atom is 0.252 e. The topological polar surface area (TPSA) is 49.4 Å². The molecule has 1 aromatic heterocycles. The highest BCUT2D eigenvalue weighted by atomic mass is 32.2. The number of rotatable bonds is 9. The fraction of sp³-hybridized carbons (Fsp3) is 0.412. The van der Waals surface area contributed by atoms with E-state index in [1.807, 2.05) is 19.9 Å². The van der Waals surface area contributed by atoms with E-state index in [2.05, 4.69) is 5.32 Å². The number of benzene rings is 1. The van der Waals surface area contributed by atoms with E-state index in [1.54, 1.807) is 18.2 Å². The van der Waals surface area contributed by atoms with Crippen LogP contribution in [0.3, 0.4) is 0 Å². The lowest BCUT2D eigenvalue weighted by Crippen LogP contribution is -2.29. The fourth-order valence-electron chi connectivity index (χ4n) is 2.37. The lowest BCUT2D eigenvalue weighted by Gasteiger charge is -2.16. The van der Waals surface area contributed by atoms with Gasteiger partial charge in [0.15, 0.2) is 0 Å². The Morgan fingerprint density at radius 3 is 2.38 bits per heavy atom. The SMILES string of the molecule is CCN(CC)S(=O)(=O)c1ccc(CCNCc2ccc(F)cc2)s1. The van der Waals surface area contributed by atoms with Gasteiger partial charge in [0.2, 0.25) is 0 Å². The van der Waals surface area contributed by atoms with Crippen molar-refractivity contribution in [2.75, 3.05) is 19.6 Å². The number of nitrogens with one attached hydrogen (secondary N) is 1. The Kier molecular flexibility index (Phi) is 6.91. The molecule has 0 saturated heterocycles. The molecule has 132 valence electrons. The van der Waals surface area contributed by atoms with Crippen molar-refractivity contribution < 1.29 is 12.8 Å². The van der Waals surface area contributed by atoms with Crippen molar-refractivity contribution in [3.63, 3.8) is 0 Å². The third-order valence-corrected chi connectivity index (χ3v) is 7.39. The Hall–Kier alpha value is -1.28. The molecule has 0 aliphatic carbocycles. The molecule has 0 unspecified atom stereocenters. The summed E-state index contributed by atoms with van der Waals surface area (Å²) >= 11 is 1.33. The van der Waals surface area contributed by atoms with Crippen LogP contribution < -0.4 is 5.32 Å². The van der Waals surface area contributed by atoms with Crippen molar-refractivity contribution in [3.8, 4) is 0 Å². The molecule has 0 aliphatic heterocycles.